The van der Waals surface area contributed by atoms with Gasteiger partial charge in [-0.3, -0.25) is 14.3 Å². The Morgan fingerprint density at radius 1 is 1.62 bits per heavy atom. The van der Waals surface area contributed by atoms with Gasteiger partial charge in [-0.2, -0.15) is 0 Å². The van der Waals surface area contributed by atoms with Crippen molar-refractivity contribution in [1.82, 2.24) is 9.55 Å². The van der Waals surface area contributed by atoms with E-state index in [0.29, 0.717) is 0 Å². The molecule has 2 atom stereocenters. The van der Waals surface area contributed by atoms with Crippen LogP contribution in [0.25, 0.3) is 0 Å². The lowest BCUT2D eigenvalue weighted by Gasteiger charge is -2.12. The van der Waals surface area contributed by atoms with Crippen molar-refractivity contribution in [3.8, 4) is 0 Å². The van der Waals surface area contributed by atoms with E-state index in [0.717, 1.165) is 4.57 Å². The number of rotatable bonds is 2. The Morgan fingerprint density at radius 2 is 2.38 bits per heavy atom. The molecule has 7 nitrogen and oxygen atoms in total. The van der Waals surface area contributed by atoms with Crippen LogP contribution in [0.5, 0.6) is 0 Å². The fourth-order valence-corrected chi connectivity index (χ4v) is 1.51. The highest BCUT2D eigenvalue weighted by molar-refractivity contribution is 6.30. The van der Waals surface area contributed by atoms with Crippen molar-refractivity contribution in [3.63, 3.8) is 0 Å². The Kier molecular flexibility index (Phi) is 3.10. The van der Waals surface area contributed by atoms with Crippen molar-refractivity contribution >= 4 is 11.6 Å². The minimum atomic E-state index is -0.761. The first-order valence-corrected chi connectivity index (χ1v) is 4.88. The highest BCUT2D eigenvalue weighted by Crippen LogP contribution is 2.19. The van der Waals surface area contributed by atoms with Gasteiger partial charge in [-0.25, -0.2) is 4.79 Å². The number of nitrogens with one attached hydrogen (secondary N) is 1. The summed E-state index contributed by atoms with van der Waals surface area (Å²) < 4.78 is 11.3. The van der Waals surface area contributed by atoms with Gasteiger partial charge >= 0.3 is 5.69 Å². The fourth-order valence-electron chi connectivity index (χ4n) is 1.36. The second-order valence-electron chi connectivity index (χ2n) is 3.18. The molecule has 16 heavy (non-hydrogen) atoms. The van der Waals surface area contributed by atoms with E-state index in [2.05, 4.69) is 0 Å². The summed E-state index contributed by atoms with van der Waals surface area (Å²) in [5.74, 6) is 0. The van der Waals surface area contributed by atoms with Gasteiger partial charge in [-0.15, -0.1) is 0 Å². The second-order valence-corrected chi connectivity index (χ2v) is 3.59. The zero-order chi connectivity index (χ0) is 11.7. The lowest BCUT2D eigenvalue weighted by Crippen LogP contribution is -2.33. The number of aromatic amines is 1. The molecule has 0 saturated carbocycles. The van der Waals surface area contributed by atoms with Gasteiger partial charge in [0.15, 0.2) is 12.5 Å². The summed E-state index contributed by atoms with van der Waals surface area (Å²) in [7, 11) is 0. The van der Waals surface area contributed by atoms with Crippen molar-refractivity contribution in [3.05, 3.63) is 32.1 Å². The van der Waals surface area contributed by atoms with E-state index >= 15 is 0 Å². The van der Waals surface area contributed by atoms with Crippen LogP contribution in [0, 0.1) is 0 Å². The molecule has 1 fully saturated rings. The predicted octanol–water partition coefficient (Wildman–Crippen LogP) is -0.946. The van der Waals surface area contributed by atoms with Gasteiger partial charge < -0.3 is 14.6 Å². The third kappa shape index (κ3) is 2.03. The van der Waals surface area contributed by atoms with Gasteiger partial charge in [0.2, 0.25) is 0 Å². The van der Waals surface area contributed by atoms with Crippen LogP contribution in [0.1, 0.15) is 6.23 Å². The van der Waals surface area contributed by atoms with Crippen LogP contribution in [0.2, 0.25) is 5.02 Å². The smallest absolute Gasteiger partial charge is 0.330 e. The van der Waals surface area contributed by atoms with Crippen molar-refractivity contribution in [1.29, 1.82) is 0 Å². The molecule has 0 bridgehead atoms. The number of aliphatic hydroxyl groups excluding tert-OH is 1. The molecule has 0 aromatic carbocycles. The molecule has 88 valence electrons. The topological polar surface area (TPSA) is 93.6 Å². The monoisotopic (exact) mass is 248 g/mol. The molecular formula is C8H9ClN2O5. The van der Waals surface area contributed by atoms with Crippen LogP contribution in [-0.2, 0) is 9.47 Å². The van der Waals surface area contributed by atoms with Gasteiger partial charge in [-0.1, -0.05) is 11.6 Å². The number of aliphatic hydroxyl groups is 1. The highest BCUT2D eigenvalue weighted by atomic mass is 35.5. The quantitative estimate of drug-likeness (QED) is 0.704. The normalized spacial score (nSPS) is 24.9. The molecule has 0 spiro atoms. The largest absolute Gasteiger partial charge is 0.391 e. The summed E-state index contributed by atoms with van der Waals surface area (Å²) in [6.45, 7) is -0.199. The summed E-state index contributed by atoms with van der Waals surface area (Å²) in [6, 6.07) is 0. The van der Waals surface area contributed by atoms with Crippen LogP contribution < -0.4 is 11.2 Å². The standard InChI is InChI=1S/C8H9ClN2O5/c9-4-1-11(8(14)10-7(4)13)5-3-15-6(2-12)16-5/h1,5-6,12H,2-3H2,(H,10,13,14)/t5-,6-/m1/s1. The van der Waals surface area contributed by atoms with Gasteiger partial charge in [0, 0.05) is 6.20 Å². The second kappa shape index (κ2) is 4.38. The maximum absolute atomic E-state index is 11.4. The van der Waals surface area contributed by atoms with Crippen LogP contribution >= 0.6 is 11.6 Å². The third-order valence-corrected chi connectivity index (χ3v) is 2.39. The van der Waals surface area contributed by atoms with Crippen LogP contribution in [0.15, 0.2) is 15.8 Å². The van der Waals surface area contributed by atoms with Crippen LogP contribution in [0.3, 0.4) is 0 Å². The molecule has 0 aliphatic carbocycles. The molecule has 2 heterocycles. The third-order valence-electron chi connectivity index (χ3n) is 2.12. The Morgan fingerprint density at radius 3 is 3.00 bits per heavy atom. The van der Waals surface area contributed by atoms with Crippen molar-refractivity contribution in [2.45, 2.75) is 12.5 Å². The van der Waals surface area contributed by atoms with Crippen molar-refractivity contribution in [2.24, 2.45) is 0 Å². The van der Waals surface area contributed by atoms with E-state index in [9.17, 15) is 9.59 Å². The Labute approximate surface area is 94.2 Å². The Hall–Kier alpha value is -1.15. The SMILES string of the molecule is O=c1[nH]c(=O)n([C@H]2CO[C@@H](CO)O2)cc1Cl. The summed E-state index contributed by atoms with van der Waals surface area (Å²) >= 11 is 5.59. The van der Waals surface area contributed by atoms with Crippen LogP contribution in [0.4, 0.5) is 0 Å². The van der Waals surface area contributed by atoms with Gasteiger partial charge in [0.1, 0.15) is 5.02 Å². The van der Waals surface area contributed by atoms with Crippen molar-refractivity contribution < 1.29 is 14.6 Å². The lowest BCUT2D eigenvalue weighted by molar-refractivity contribution is -0.0992. The maximum Gasteiger partial charge on any atom is 0.330 e. The zero-order valence-corrected chi connectivity index (χ0v) is 8.81. The van der Waals surface area contributed by atoms with E-state index in [4.69, 9.17) is 26.2 Å². The molecule has 8 heteroatoms. The number of aromatic nitrogens is 2. The minimum Gasteiger partial charge on any atom is -0.391 e. The van der Waals surface area contributed by atoms with E-state index < -0.39 is 23.8 Å². The molecule has 1 saturated heterocycles. The molecule has 1 aromatic heterocycles. The number of nitrogens with zero attached hydrogens (tertiary/aromatic N) is 1. The molecule has 1 aliphatic heterocycles. The highest BCUT2D eigenvalue weighted by Gasteiger charge is 2.27. The molecule has 1 aromatic rings. The van der Waals surface area contributed by atoms with E-state index in [1.165, 1.54) is 6.20 Å². The number of hydrogen-bond acceptors (Lipinski definition) is 5. The molecule has 2 N–H and O–H groups in total. The van der Waals surface area contributed by atoms with E-state index in [1.54, 1.807) is 0 Å². The minimum absolute atomic E-state index is 0.105. The molecule has 0 unspecified atom stereocenters. The first kappa shape index (κ1) is 11.3. The Bertz CT molecular complexity index is 496. The van der Waals surface area contributed by atoms with Gasteiger partial charge in [-0.05, 0) is 0 Å². The van der Waals surface area contributed by atoms with Crippen LogP contribution in [-0.4, -0.2) is 34.2 Å². The first-order valence-electron chi connectivity index (χ1n) is 4.50. The number of ether oxygens (including phenoxy) is 2. The van der Waals surface area contributed by atoms with Gasteiger partial charge in [0.25, 0.3) is 5.56 Å². The van der Waals surface area contributed by atoms with Crippen molar-refractivity contribution in [2.75, 3.05) is 13.2 Å². The number of hydrogen-bond donors (Lipinski definition) is 2. The number of H-pyrrole nitrogens is 1. The zero-order valence-electron chi connectivity index (χ0n) is 8.05. The summed E-state index contributed by atoms with van der Waals surface area (Å²) in [5, 5.41) is 8.66. The lowest BCUT2D eigenvalue weighted by atomic mass is 10.5. The maximum atomic E-state index is 11.4. The molecular weight excluding hydrogens is 240 g/mol. The molecule has 2 rings (SSSR count). The molecule has 1 aliphatic rings. The molecule has 0 amide bonds. The first-order chi connectivity index (χ1) is 7.61. The predicted molar refractivity (Wildman–Crippen MR) is 53.3 cm³/mol. The van der Waals surface area contributed by atoms with E-state index in [-0.39, 0.29) is 18.2 Å². The summed E-state index contributed by atoms with van der Waals surface area (Å²) in [5.41, 5.74) is -1.29. The molecule has 0 radical (unpaired) electrons. The summed E-state index contributed by atoms with van der Waals surface area (Å²) in [6.07, 6.45) is -0.280. The van der Waals surface area contributed by atoms with Gasteiger partial charge in [0.05, 0.1) is 13.2 Å². The fraction of sp³-hybridized carbons (Fsp3) is 0.500. The van der Waals surface area contributed by atoms with E-state index in [1.807, 2.05) is 4.98 Å². The average molecular weight is 249 g/mol. The summed E-state index contributed by atoms with van der Waals surface area (Å²) in [4.78, 5) is 24.5. The average Bonchev–Trinajstić information content (AvgIpc) is 2.71. The number of halogens is 1. The Balaban J connectivity index is 2.32.